The van der Waals surface area contributed by atoms with Crippen LogP contribution in [0.15, 0.2) is 60.7 Å². The maximum absolute atomic E-state index is 11.6. The first-order valence-corrected chi connectivity index (χ1v) is 10.6. The highest BCUT2D eigenvalue weighted by Gasteiger charge is 2.29. The van der Waals surface area contributed by atoms with E-state index in [0.717, 1.165) is 34.9 Å². The number of aromatic carboxylic acids is 2. The van der Waals surface area contributed by atoms with Gasteiger partial charge in [0.15, 0.2) is 5.69 Å². The quantitative estimate of drug-likeness (QED) is 0.434. The van der Waals surface area contributed by atoms with Crippen LogP contribution in [0.2, 0.25) is 0 Å². The lowest BCUT2D eigenvalue weighted by Crippen LogP contribution is -2.07. The number of aromatic nitrogens is 2. The van der Waals surface area contributed by atoms with Crippen molar-refractivity contribution in [3.63, 3.8) is 0 Å². The Balaban J connectivity index is 1.54. The molecule has 5 rings (SSSR count). The molecular weight excluding hydrogens is 404 g/mol. The molecule has 1 saturated carbocycles. The topological polar surface area (TPSA) is 92.4 Å². The van der Waals surface area contributed by atoms with Crippen LogP contribution in [0.3, 0.4) is 0 Å². The van der Waals surface area contributed by atoms with Gasteiger partial charge in [-0.25, -0.2) is 14.6 Å². The lowest BCUT2D eigenvalue weighted by Gasteiger charge is -2.12. The first kappa shape index (κ1) is 20.0. The van der Waals surface area contributed by atoms with Gasteiger partial charge >= 0.3 is 11.9 Å². The van der Waals surface area contributed by atoms with Crippen LogP contribution in [-0.2, 0) is 6.54 Å². The molecule has 2 aromatic carbocycles. The van der Waals surface area contributed by atoms with Crippen LogP contribution in [0.1, 0.15) is 56.4 Å². The van der Waals surface area contributed by atoms with Crippen molar-refractivity contribution in [3.05, 3.63) is 88.7 Å². The smallest absolute Gasteiger partial charge is 0.354 e. The Morgan fingerprint density at radius 2 is 1.72 bits per heavy atom. The standard InChI is InChI=1S/C26H22N2O4/c1-15-12-22(26(31)32)27-24-21(15)13-23(18-10-11-18)28(24)14-16-6-8-17(9-7-16)19-4-2-3-5-20(19)25(29)30/h2-9,12-13,18H,10-11,14H2,1H3,(H,29,30)(H,31,32). The highest BCUT2D eigenvalue weighted by atomic mass is 16.4. The Morgan fingerprint density at radius 1 is 1.00 bits per heavy atom. The number of aryl methyl sites for hydroxylation is 1. The molecule has 160 valence electrons. The number of hydrogen-bond acceptors (Lipinski definition) is 3. The fraction of sp³-hybridized carbons (Fsp3) is 0.192. The normalized spacial score (nSPS) is 13.4. The average Bonchev–Trinajstić information content (AvgIpc) is 3.56. The van der Waals surface area contributed by atoms with E-state index < -0.39 is 11.9 Å². The molecule has 0 atom stereocenters. The molecule has 0 aliphatic heterocycles. The molecule has 0 radical (unpaired) electrons. The van der Waals surface area contributed by atoms with Gasteiger partial charge in [-0.15, -0.1) is 0 Å². The number of carboxylic acids is 2. The van der Waals surface area contributed by atoms with Crippen molar-refractivity contribution in [2.75, 3.05) is 0 Å². The number of carboxylic acid groups (broad SMARTS) is 2. The van der Waals surface area contributed by atoms with Crippen LogP contribution in [0.25, 0.3) is 22.2 Å². The van der Waals surface area contributed by atoms with Crippen molar-refractivity contribution >= 4 is 23.0 Å². The Bertz CT molecular complexity index is 1360. The third kappa shape index (κ3) is 3.54. The third-order valence-electron chi connectivity index (χ3n) is 6.08. The molecule has 2 aromatic heterocycles. The molecule has 1 aliphatic rings. The number of rotatable bonds is 6. The van der Waals surface area contributed by atoms with Crippen LogP contribution in [0, 0.1) is 6.92 Å². The van der Waals surface area contributed by atoms with Crippen LogP contribution in [-0.4, -0.2) is 31.7 Å². The Hall–Kier alpha value is -3.93. The molecule has 1 fully saturated rings. The summed E-state index contributed by atoms with van der Waals surface area (Å²) in [6.45, 7) is 2.50. The van der Waals surface area contributed by atoms with Crippen LogP contribution in [0.5, 0.6) is 0 Å². The second-order valence-corrected chi connectivity index (χ2v) is 8.34. The van der Waals surface area contributed by atoms with Gasteiger partial charge in [-0.3, -0.25) is 0 Å². The molecule has 4 aromatic rings. The molecule has 0 spiro atoms. The van der Waals surface area contributed by atoms with Gasteiger partial charge in [0.1, 0.15) is 5.65 Å². The van der Waals surface area contributed by atoms with Crippen molar-refractivity contribution in [1.82, 2.24) is 9.55 Å². The molecule has 0 unspecified atom stereocenters. The number of carbonyl (C=O) groups is 2. The zero-order valence-electron chi connectivity index (χ0n) is 17.6. The minimum atomic E-state index is -1.03. The van der Waals surface area contributed by atoms with Crippen LogP contribution in [0.4, 0.5) is 0 Å². The fourth-order valence-corrected chi connectivity index (χ4v) is 4.28. The van der Waals surface area contributed by atoms with Gasteiger partial charge in [-0.05, 0) is 66.1 Å². The van der Waals surface area contributed by atoms with Gasteiger partial charge in [0, 0.05) is 17.6 Å². The van der Waals surface area contributed by atoms with E-state index in [0.29, 0.717) is 23.7 Å². The summed E-state index contributed by atoms with van der Waals surface area (Å²) in [6.07, 6.45) is 2.26. The fourth-order valence-electron chi connectivity index (χ4n) is 4.28. The van der Waals surface area contributed by atoms with Gasteiger partial charge in [0.2, 0.25) is 0 Å². The highest BCUT2D eigenvalue weighted by molar-refractivity contribution is 5.96. The zero-order valence-corrected chi connectivity index (χ0v) is 17.6. The third-order valence-corrected chi connectivity index (χ3v) is 6.08. The maximum Gasteiger partial charge on any atom is 0.354 e. The molecule has 1 aliphatic carbocycles. The molecule has 2 heterocycles. The van der Waals surface area contributed by atoms with Gasteiger partial charge < -0.3 is 14.8 Å². The minimum Gasteiger partial charge on any atom is -0.478 e. The van der Waals surface area contributed by atoms with E-state index in [9.17, 15) is 19.8 Å². The second kappa shape index (κ2) is 7.64. The van der Waals surface area contributed by atoms with Crippen LogP contribution >= 0.6 is 0 Å². The molecule has 2 N–H and O–H groups in total. The second-order valence-electron chi connectivity index (χ2n) is 8.34. The summed E-state index contributed by atoms with van der Waals surface area (Å²) in [5.74, 6) is -1.50. The minimum absolute atomic E-state index is 0.0531. The number of pyridine rings is 1. The lowest BCUT2D eigenvalue weighted by molar-refractivity contribution is 0.0683. The lowest BCUT2D eigenvalue weighted by atomic mass is 9.99. The molecule has 6 heteroatoms. The van der Waals surface area contributed by atoms with Crippen LogP contribution < -0.4 is 0 Å². The average molecular weight is 426 g/mol. The first-order valence-electron chi connectivity index (χ1n) is 10.6. The number of hydrogen-bond donors (Lipinski definition) is 2. The molecule has 0 amide bonds. The van der Waals surface area contributed by atoms with E-state index in [1.54, 1.807) is 18.2 Å². The highest BCUT2D eigenvalue weighted by Crippen LogP contribution is 2.43. The van der Waals surface area contributed by atoms with Gasteiger partial charge in [-0.1, -0.05) is 42.5 Å². The predicted octanol–water partition coefficient (Wildman–Crippen LogP) is 5.33. The summed E-state index contributed by atoms with van der Waals surface area (Å²) < 4.78 is 2.13. The Labute approximate surface area is 184 Å². The summed E-state index contributed by atoms with van der Waals surface area (Å²) in [6, 6.07) is 18.6. The van der Waals surface area contributed by atoms with Crippen molar-refractivity contribution in [2.24, 2.45) is 0 Å². The Morgan fingerprint density at radius 3 is 2.38 bits per heavy atom. The maximum atomic E-state index is 11.6. The number of benzene rings is 2. The molecule has 6 nitrogen and oxygen atoms in total. The summed E-state index contributed by atoms with van der Waals surface area (Å²) in [5.41, 5.74) is 5.69. The summed E-state index contributed by atoms with van der Waals surface area (Å²) in [4.78, 5) is 27.6. The summed E-state index contributed by atoms with van der Waals surface area (Å²) in [7, 11) is 0. The van der Waals surface area contributed by atoms with E-state index in [2.05, 4.69) is 15.6 Å². The predicted molar refractivity (Wildman–Crippen MR) is 121 cm³/mol. The van der Waals surface area contributed by atoms with Crippen molar-refractivity contribution in [3.8, 4) is 11.1 Å². The SMILES string of the molecule is Cc1cc(C(=O)O)nc2c1cc(C1CC1)n2Cc1ccc(-c2ccccc2C(=O)O)cc1. The number of nitrogens with zero attached hydrogens (tertiary/aromatic N) is 2. The summed E-state index contributed by atoms with van der Waals surface area (Å²) >= 11 is 0. The molecule has 32 heavy (non-hydrogen) atoms. The van der Waals surface area contributed by atoms with E-state index in [4.69, 9.17) is 0 Å². The van der Waals surface area contributed by atoms with Crippen molar-refractivity contribution in [2.45, 2.75) is 32.2 Å². The van der Waals surface area contributed by atoms with E-state index >= 15 is 0 Å². The number of fused-ring (bicyclic) bond motifs is 1. The first-order chi connectivity index (χ1) is 15.4. The zero-order chi connectivity index (χ0) is 22.4. The van der Waals surface area contributed by atoms with E-state index in [1.165, 1.54) is 5.69 Å². The monoisotopic (exact) mass is 426 g/mol. The van der Waals surface area contributed by atoms with Crippen molar-refractivity contribution in [1.29, 1.82) is 0 Å². The van der Waals surface area contributed by atoms with Gasteiger partial charge in [0.25, 0.3) is 0 Å². The molecular formula is C26H22N2O4. The van der Waals surface area contributed by atoms with Gasteiger partial charge in [0.05, 0.1) is 5.56 Å². The van der Waals surface area contributed by atoms with Crippen molar-refractivity contribution < 1.29 is 19.8 Å². The van der Waals surface area contributed by atoms with E-state index in [-0.39, 0.29) is 11.3 Å². The van der Waals surface area contributed by atoms with Gasteiger partial charge in [-0.2, -0.15) is 0 Å². The van der Waals surface area contributed by atoms with E-state index in [1.807, 2.05) is 43.3 Å². The Kier molecular flexibility index (Phi) is 4.78. The molecule has 0 bridgehead atoms. The summed E-state index contributed by atoms with van der Waals surface area (Å²) in [5, 5.41) is 19.9. The largest absolute Gasteiger partial charge is 0.478 e. The molecule has 0 saturated heterocycles.